The molecule has 0 radical (unpaired) electrons. The van der Waals surface area contributed by atoms with Crippen molar-refractivity contribution in [1.29, 1.82) is 0 Å². The second kappa shape index (κ2) is 10.2. The maximum atomic E-state index is 11.2. The maximum absolute atomic E-state index is 11.2. The molecule has 2 aromatic rings. The van der Waals surface area contributed by atoms with E-state index < -0.39 is 5.97 Å². The predicted molar refractivity (Wildman–Crippen MR) is 144 cm³/mol. The summed E-state index contributed by atoms with van der Waals surface area (Å²) >= 11 is 6.52. The number of hydrogen-bond acceptors (Lipinski definition) is 6. The van der Waals surface area contributed by atoms with Gasteiger partial charge in [0.2, 0.25) is 5.95 Å². The Morgan fingerprint density at radius 1 is 1.14 bits per heavy atom. The summed E-state index contributed by atoms with van der Waals surface area (Å²) in [6.07, 6.45) is 4.11. The van der Waals surface area contributed by atoms with Gasteiger partial charge in [0, 0.05) is 42.0 Å². The van der Waals surface area contributed by atoms with E-state index in [1.54, 1.807) is 0 Å². The van der Waals surface area contributed by atoms with Crippen LogP contribution >= 0.6 is 11.6 Å². The average Bonchev–Trinajstić information content (AvgIpc) is 2.75. The molecule has 194 valence electrons. The summed E-state index contributed by atoms with van der Waals surface area (Å²) in [6, 6.07) is 6.67. The van der Waals surface area contributed by atoms with Gasteiger partial charge >= 0.3 is 5.97 Å². The van der Waals surface area contributed by atoms with Gasteiger partial charge in [0.25, 0.3) is 0 Å². The Hall–Kier alpha value is -2.38. The van der Waals surface area contributed by atoms with Crippen LogP contribution in [0.25, 0.3) is 0 Å². The SMILES string of the molecule is Cc1ccc(C(C)Nc2nc(N3CC(C4CCCN(C5CC(C(=O)O)C5)C4)C3)nc(C)c2C)c(Cl)c1. The third-order valence-electron chi connectivity index (χ3n) is 8.68. The molecular formula is C28H38ClN5O2. The Kier molecular flexibility index (Phi) is 7.14. The number of benzene rings is 1. The number of aryl methyl sites for hydroxylation is 2. The first-order chi connectivity index (χ1) is 17.2. The number of hydrogen-bond donors (Lipinski definition) is 2. The number of halogens is 1. The summed E-state index contributed by atoms with van der Waals surface area (Å²) < 4.78 is 0. The Morgan fingerprint density at radius 2 is 1.89 bits per heavy atom. The van der Waals surface area contributed by atoms with E-state index in [1.165, 1.54) is 12.8 Å². The van der Waals surface area contributed by atoms with Gasteiger partial charge in [-0.3, -0.25) is 4.79 Å². The van der Waals surface area contributed by atoms with Crippen molar-refractivity contribution >= 4 is 29.3 Å². The molecule has 0 bridgehead atoms. The van der Waals surface area contributed by atoms with E-state index in [9.17, 15) is 9.90 Å². The fourth-order valence-electron chi connectivity index (χ4n) is 5.98. The molecule has 1 aromatic heterocycles. The van der Waals surface area contributed by atoms with Gasteiger partial charge in [-0.05, 0) is 89.0 Å². The first-order valence-electron chi connectivity index (χ1n) is 13.3. The quantitative estimate of drug-likeness (QED) is 0.526. The molecule has 7 nitrogen and oxygen atoms in total. The van der Waals surface area contributed by atoms with Gasteiger partial charge < -0.3 is 20.2 Å². The van der Waals surface area contributed by atoms with Crippen LogP contribution in [0.5, 0.6) is 0 Å². The lowest BCUT2D eigenvalue weighted by Crippen LogP contribution is -2.57. The molecule has 0 amide bonds. The van der Waals surface area contributed by atoms with Gasteiger partial charge in [-0.2, -0.15) is 4.98 Å². The number of nitrogens with one attached hydrogen (secondary N) is 1. The van der Waals surface area contributed by atoms with Gasteiger partial charge in [0.15, 0.2) is 0 Å². The van der Waals surface area contributed by atoms with Crippen molar-refractivity contribution < 1.29 is 9.90 Å². The summed E-state index contributed by atoms with van der Waals surface area (Å²) in [7, 11) is 0. The van der Waals surface area contributed by atoms with Crippen molar-refractivity contribution in [1.82, 2.24) is 14.9 Å². The van der Waals surface area contributed by atoms with E-state index >= 15 is 0 Å². The first-order valence-corrected chi connectivity index (χ1v) is 13.7. The number of aromatic nitrogens is 2. The molecule has 5 rings (SSSR count). The summed E-state index contributed by atoms with van der Waals surface area (Å²) in [4.78, 5) is 25.8. The second-order valence-electron chi connectivity index (χ2n) is 11.2. The molecule has 8 heteroatoms. The topological polar surface area (TPSA) is 81.6 Å². The number of aliphatic carboxylic acids is 1. The number of nitrogens with zero attached hydrogens (tertiary/aromatic N) is 4. The monoisotopic (exact) mass is 511 g/mol. The van der Waals surface area contributed by atoms with Gasteiger partial charge in [-0.15, -0.1) is 0 Å². The first kappa shape index (κ1) is 25.3. The zero-order chi connectivity index (χ0) is 25.6. The summed E-state index contributed by atoms with van der Waals surface area (Å²) in [5, 5.41) is 13.6. The number of carboxylic acid groups (broad SMARTS) is 1. The largest absolute Gasteiger partial charge is 0.481 e. The van der Waals surface area contributed by atoms with Crippen LogP contribution in [-0.2, 0) is 4.79 Å². The Balaban J connectivity index is 1.20. The molecule has 1 aliphatic carbocycles. The van der Waals surface area contributed by atoms with Crippen molar-refractivity contribution in [3.63, 3.8) is 0 Å². The van der Waals surface area contributed by atoms with Crippen molar-refractivity contribution in [2.45, 2.75) is 65.5 Å². The minimum atomic E-state index is -0.631. The smallest absolute Gasteiger partial charge is 0.306 e. The Bertz CT molecular complexity index is 1130. The number of anilines is 2. The molecule has 1 aromatic carbocycles. The molecule has 3 aliphatic rings. The highest BCUT2D eigenvalue weighted by Gasteiger charge is 2.42. The predicted octanol–water partition coefficient (Wildman–Crippen LogP) is 5.24. The highest BCUT2D eigenvalue weighted by Crippen LogP contribution is 2.38. The molecule has 1 saturated carbocycles. The molecule has 2 atom stereocenters. The highest BCUT2D eigenvalue weighted by molar-refractivity contribution is 6.31. The molecule has 2 aliphatic heterocycles. The second-order valence-corrected chi connectivity index (χ2v) is 11.6. The third-order valence-corrected chi connectivity index (χ3v) is 9.01. The van der Waals surface area contributed by atoms with Gasteiger partial charge in [-0.1, -0.05) is 23.7 Å². The van der Waals surface area contributed by atoms with E-state index in [0.717, 1.165) is 78.2 Å². The third kappa shape index (κ3) is 5.05. The van der Waals surface area contributed by atoms with Crippen LogP contribution in [0.2, 0.25) is 5.02 Å². The lowest BCUT2D eigenvalue weighted by Gasteiger charge is -2.50. The Labute approximate surface area is 219 Å². The van der Waals surface area contributed by atoms with Gasteiger partial charge in [0.1, 0.15) is 5.82 Å². The van der Waals surface area contributed by atoms with Crippen LogP contribution < -0.4 is 10.2 Å². The lowest BCUT2D eigenvalue weighted by atomic mass is 9.76. The summed E-state index contributed by atoms with van der Waals surface area (Å²) in [5.74, 6) is 2.22. The summed E-state index contributed by atoms with van der Waals surface area (Å²) in [5.41, 5.74) is 4.27. The van der Waals surface area contributed by atoms with E-state index in [4.69, 9.17) is 21.6 Å². The molecule has 2 saturated heterocycles. The fraction of sp³-hybridized carbons (Fsp3) is 0.607. The molecule has 2 N–H and O–H groups in total. The molecule has 0 spiro atoms. The molecule has 3 heterocycles. The molecule has 3 fully saturated rings. The van der Waals surface area contributed by atoms with E-state index in [1.807, 2.05) is 13.0 Å². The average molecular weight is 512 g/mol. The molecule has 36 heavy (non-hydrogen) atoms. The zero-order valence-corrected chi connectivity index (χ0v) is 22.6. The Morgan fingerprint density at radius 3 is 2.58 bits per heavy atom. The standard InChI is InChI=1S/C28H38ClN5O2/c1-16-7-8-24(25(29)10-16)19(4)30-26-17(2)18(3)31-28(32-26)34-14-22(15-34)20-6-5-9-33(13-20)23-11-21(12-23)27(35)36/h7-8,10,19-23H,5-6,9,11-15H2,1-4H3,(H,35,36)(H,30,31,32). The summed E-state index contributed by atoms with van der Waals surface area (Å²) in [6.45, 7) is 12.5. The van der Waals surface area contributed by atoms with E-state index in [0.29, 0.717) is 17.9 Å². The van der Waals surface area contributed by atoms with Crippen molar-refractivity contribution in [3.05, 3.63) is 45.6 Å². The normalized spacial score (nSPS) is 25.7. The minimum absolute atomic E-state index is 0.0311. The van der Waals surface area contributed by atoms with Crippen LogP contribution in [0.15, 0.2) is 18.2 Å². The maximum Gasteiger partial charge on any atom is 0.306 e. The van der Waals surface area contributed by atoms with Crippen LogP contribution in [0, 0.1) is 38.5 Å². The number of carboxylic acids is 1. The fourth-order valence-corrected chi connectivity index (χ4v) is 6.38. The van der Waals surface area contributed by atoms with Crippen molar-refractivity contribution in [2.24, 2.45) is 17.8 Å². The molecular weight excluding hydrogens is 474 g/mol. The van der Waals surface area contributed by atoms with Crippen LogP contribution in [0.4, 0.5) is 11.8 Å². The highest BCUT2D eigenvalue weighted by atomic mass is 35.5. The lowest BCUT2D eigenvalue weighted by molar-refractivity contribution is -0.147. The van der Waals surface area contributed by atoms with Crippen LogP contribution in [0.1, 0.15) is 61.0 Å². The van der Waals surface area contributed by atoms with Crippen LogP contribution in [-0.4, -0.2) is 58.2 Å². The number of carbonyl (C=O) groups is 1. The van der Waals surface area contributed by atoms with Crippen LogP contribution in [0.3, 0.4) is 0 Å². The zero-order valence-electron chi connectivity index (χ0n) is 21.8. The van der Waals surface area contributed by atoms with Crippen molar-refractivity contribution in [3.8, 4) is 0 Å². The minimum Gasteiger partial charge on any atom is -0.481 e. The van der Waals surface area contributed by atoms with Crippen molar-refractivity contribution in [2.75, 3.05) is 36.4 Å². The van der Waals surface area contributed by atoms with E-state index in [-0.39, 0.29) is 12.0 Å². The van der Waals surface area contributed by atoms with E-state index in [2.05, 4.69) is 48.0 Å². The number of piperidine rings is 1. The number of rotatable bonds is 7. The number of likely N-dealkylation sites (tertiary alicyclic amines) is 1. The van der Waals surface area contributed by atoms with Gasteiger partial charge in [-0.25, -0.2) is 4.98 Å². The van der Waals surface area contributed by atoms with Gasteiger partial charge in [0.05, 0.1) is 12.0 Å². The molecule has 2 unspecified atom stereocenters.